The number of halogens is 1. The first-order chi connectivity index (χ1) is 14.6. The number of allylic oxidation sites excluding steroid dienone is 2. The molecule has 2 aliphatic carbocycles. The van der Waals surface area contributed by atoms with E-state index < -0.39 is 0 Å². The smallest absolute Gasteiger partial charge is 0.280 e. The first-order valence-corrected chi connectivity index (χ1v) is 10.1. The Hall–Kier alpha value is -3.26. The van der Waals surface area contributed by atoms with Crippen LogP contribution in [-0.2, 0) is 13.6 Å². The average molecular weight is 421 g/mol. The lowest BCUT2D eigenvalue weighted by Gasteiger charge is -2.05. The van der Waals surface area contributed by atoms with Crippen molar-refractivity contribution in [3.8, 4) is 0 Å². The molecule has 0 spiro atoms. The summed E-state index contributed by atoms with van der Waals surface area (Å²) in [4.78, 5) is 25.6. The summed E-state index contributed by atoms with van der Waals surface area (Å²) in [5, 5.41) is 4.93. The van der Waals surface area contributed by atoms with Crippen molar-refractivity contribution in [1.82, 2.24) is 29.2 Å². The summed E-state index contributed by atoms with van der Waals surface area (Å²) in [5.41, 5.74) is 3.21. The number of hydrogen-bond acceptors (Lipinski definition) is 6. The summed E-state index contributed by atoms with van der Waals surface area (Å²) >= 11 is 6.12. The minimum Gasteiger partial charge on any atom is -0.337 e. The van der Waals surface area contributed by atoms with Gasteiger partial charge in [0, 0.05) is 18.0 Å². The Morgan fingerprint density at radius 1 is 1.27 bits per heavy atom. The lowest BCUT2D eigenvalue weighted by Crippen LogP contribution is -2.22. The largest absolute Gasteiger partial charge is 0.337 e. The Labute approximate surface area is 175 Å². The lowest BCUT2D eigenvalue weighted by atomic mass is 10.0. The van der Waals surface area contributed by atoms with E-state index in [2.05, 4.69) is 32.3 Å². The fraction of sp³-hybridized carbons (Fsp3) is 0.286. The normalized spacial score (nSPS) is 22.3. The molecule has 30 heavy (non-hydrogen) atoms. The molecule has 6 rings (SSSR count). The van der Waals surface area contributed by atoms with Gasteiger partial charge in [0.1, 0.15) is 12.9 Å². The van der Waals surface area contributed by atoms with Crippen LogP contribution in [0.1, 0.15) is 29.6 Å². The van der Waals surface area contributed by atoms with Gasteiger partial charge in [0.25, 0.3) is 5.56 Å². The molecule has 8 nitrogen and oxygen atoms in total. The maximum absolute atomic E-state index is 12.7. The highest BCUT2D eigenvalue weighted by molar-refractivity contribution is 6.30. The van der Waals surface area contributed by atoms with E-state index in [0.717, 1.165) is 11.4 Å². The van der Waals surface area contributed by atoms with E-state index in [-0.39, 0.29) is 18.0 Å². The lowest BCUT2D eigenvalue weighted by molar-refractivity contribution is 0.364. The van der Waals surface area contributed by atoms with Crippen molar-refractivity contribution in [3.05, 3.63) is 75.7 Å². The fourth-order valence-corrected chi connectivity index (χ4v) is 4.70. The SMILES string of the molecule is Cn1cnc2ncn(Cc3nc([C@@H]4[C@H]5C=C(c6cccc(Cl)c6)C[C@H]54)no3)c(=O)c21. The molecule has 3 aromatic heterocycles. The molecule has 2 aliphatic rings. The molecule has 9 heteroatoms. The van der Waals surface area contributed by atoms with E-state index in [4.69, 9.17) is 16.1 Å². The first-order valence-electron chi connectivity index (χ1n) is 9.74. The van der Waals surface area contributed by atoms with Gasteiger partial charge < -0.3 is 9.09 Å². The Balaban J connectivity index is 1.21. The van der Waals surface area contributed by atoms with Crippen molar-refractivity contribution < 1.29 is 4.52 Å². The van der Waals surface area contributed by atoms with Crippen molar-refractivity contribution >= 4 is 28.3 Å². The highest BCUT2D eigenvalue weighted by Crippen LogP contribution is 2.62. The average Bonchev–Trinajstić information content (AvgIpc) is 3.16. The van der Waals surface area contributed by atoms with Gasteiger partial charge in [0.2, 0.25) is 5.89 Å². The van der Waals surface area contributed by atoms with Gasteiger partial charge in [0.15, 0.2) is 17.0 Å². The standard InChI is InChI=1S/C21H17ClN6O2/c1-27-9-23-20-18(27)21(29)28(10-24-20)8-16-25-19(26-30-16)17-14-6-12(7-15(14)17)11-3-2-4-13(22)5-11/h2-6,9-10,14-15,17H,7-8H2,1H3/t14-,15+,17+/m0/s1. The van der Waals surface area contributed by atoms with Crippen molar-refractivity contribution in [2.45, 2.75) is 18.9 Å². The van der Waals surface area contributed by atoms with Crippen LogP contribution in [0.25, 0.3) is 16.7 Å². The van der Waals surface area contributed by atoms with E-state index in [9.17, 15) is 4.79 Å². The van der Waals surface area contributed by atoms with E-state index in [1.807, 2.05) is 18.2 Å². The molecular formula is C21H17ClN6O2. The summed E-state index contributed by atoms with van der Waals surface area (Å²) in [6, 6.07) is 7.96. The number of rotatable bonds is 4. The number of nitrogens with zero attached hydrogens (tertiary/aromatic N) is 6. The van der Waals surface area contributed by atoms with Crippen LogP contribution in [0.15, 0.2) is 52.3 Å². The molecule has 0 unspecified atom stereocenters. The maximum atomic E-state index is 12.7. The summed E-state index contributed by atoms with van der Waals surface area (Å²) in [6.45, 7) is 0.186. The zero-order valence-electron chi connectivity index (χ0n) is 16.1. The van der Waals surface area contributed by atoms with Crippen LogP contribution in [0.2, 0.25) is 5.02 Å². The third kappa shape index (κ3) is 2.71. The van der Waals surface area contributed by atoms with E-state index in [1.165, 1.54) is 22.0 Å². The molecule has 1 fully saturated rings. The molecule has 3 heterocycles. The Morgan fingerprint density at radius 3 is 2.93 bits per heavy atom. The molecule has 4 aromatic rings. The van der Waals surface area contributed by atoms with Crippen LogP contribution in [0, 0.1) is 11.8 Å². The zero-order valence-corrected chi connectivity index (χ0v) is 16.8. The predicted molar refractivity (Wildman–Crippen MR) is 110 cm³/mol. The highest BCUT2D eigenvalue weighted by atomic mass is 35.5. The summed E-state index contributed by atoms with van der Waals surface area (Å²) in [6.07, 6.45) is 6.33. The van der Waals surface area contributed by atoms with Crippen molar-refractivity contribution in [3.63, 3.8) is 0 Å². The predicted octanol–water partition coefficient (Wildman–Crippen LogP) is 3.03. The summed E-state index contributed by atoms with van der Waals surface area (Å²) < 4.78 is 8.56. The molecule has 1 saturated carbocycles. The van der Waals surface area contributed by atoms with Crippen LogP contribution in [0.3, 0.4) is 0 Å². The molecule has 0 amide bonds. The quantitative estimate of drug-likeness (QED) is 0.504. The van der Waals surface area contributed by atoms with Gasteiger partial charge in [-0.15, -0.1) is 0 Å². The Kier molecular flexibility index (Phi) is 3.73. The van der Waals surface area contributed by atoms with Crippen LogP contribution in [0.4, 0.5) is 0 Å². The third-order valence-corrected chi connectivity index (χ3v) is 6.30. The minimum atomic E-state index is -0.183. The van der Waals surface area contributed by atoms with E-state index in [0.29, 0.717) is 34.7 Å². The second-order valence-electron chi connectivity index (χ2n) is 7.92. The molecule has 0 bridgehead atoms. The summed E-state index contributed by atoms with van der Waals surface area (Å²) in [5.74, 6) is 2.32. The van der Waals surface area contributed by atoms with Gasteiger partial charge in [-0.05, 0) is 41.5 Å². The Morgan fingerprint density at radius 2 is 2.13 bits per heavy atom. The minimum absolute atomic E-state index is 0.183. The monoisotopic (exact) mass is 420 g/mol. The maximum Gasteiger partial charge on any atom is 0.280 e. The fourth-order valence-electron chi connectivity index (χ4n) is 4.51. The zero-order chi connectivity index (χ0) is 20.4. The van der Waals surface area contributed by atoms with Crippen LogP contribution in [-0.4, -0.2) is 29.2 Å². The first kappa shape index (κ1) is 17.6. The van der Waals surface area contributed by atoms with Crippen LogP contribution >= 0.6 is 11.6 Å². The second kappa shape index (κ2) is 6.37. The van der Waals surface area contributed by atoms with E-state index >= 15 is 0 Å². The van der Waals surface area contributed by atoms with Crippen LogP contribution < -0.4 is 5.56 Å². The number of hydrogen-bond donors (Lipinski definition) is 0. The van der Waals surface area contributed by atoms with Gasteiger partial charge in [-0.1, -0.05) is 35.0 Å². The van der Waals surface area contributed by atoms with Gasteiger partial charge in [0.05, 0.1) is 6.33 Å². The van der Waals surface area contributed by atoms with Crippen molar-refractivity contribution in [2.75, 3.05) is 0 Å². The third-order valence-electron chi connectivity index (χ3n) is 6.06. The van der Waals surface area contributed by atoms with Gasteiger partial charge in [-0.25, -0.2) is 9.97 Å². The Bertz CT molecular complexity index is 1380. The van der Waals surface area contributed by atoms with Gasteiger partial charge in [-0.3, -0.25) is 9.36 Å². The number of imidazole rings is 1. The molecule has 0 radical (unpaired) electrons. The highest BCUT2D eigenvalue weighted by Gasteiger charge is 2.55. The van der Waals surface area contributed by atoms with Crippen molar-refractivity contribution in [2.24, 2.45) is 18.9 Å². The molecule has 0 N–H and O–H groups in total. The molecular weight excluding hydrogens is 404 g/mol. The van der Waals surface area contributed by atoms with Gasteiger partial charge in [-0.2, -0.15) is 4.98 Å². The van der Waals surface area contributed by atoms with Gasteiger partial charge >= 0.3 is 0 Å². The molecule has 0 aliphatic heterocycles. The molecule has 3 atom stereocenters. The van der Waals surface area contributed by atoms with E-state index in [1.54, 1.807) is 17.9 Å². The molecule has 150 valence electrons. The number of fused-ring (bicyclic) bond motifs is 2. The number of benzene rings is 1. The number of aryl methyl sites for hydroxylation is 1. The van der Waals surface area contributed by atoms with Crippen LogP contribution in [0.5, 0.6) is 0 Å². The second-order valence-corrected chi connectivity index (χ2v) is 8.36. The molecule has 1 aromatic carbocycles. The molecule has 0 saturated heterocycles. The number of aromatic nitrogens is 6. The topological polar surface area (TPSA) is 91.6 Å². The van der Waals surface area contributed by atoms with Crippen molar-refractivity contribution in [1.29, 1.82) is 0 Å². The summed E-state index contributed by atoms with van der Waals surface area (Å²) in [7, 11) is 1.77.